The van der Waals surface area contributed by atoms with E-state index in [1.807, 2.05) is 43.4 Å². The topological polar surface area (TPSA) is 39.4 Å². The van der Waals surface area contributed by atoms with Crippen molar-refractivity contribution >= 4 is 34.2 Å². The van der Waals surface area contributed by atoms with E-state index in [0.29, 0.717) is 11.1 Å². The third-order valence-corrected chi connectivity index (χ3v) is 4.79. The van der Waals surface area contributed by atoms with Gasteiger partial charge < -0.3 is 34.0 Å². The molecule has 2 heterocycles. The number of aryl methyl sites for hydroxylation is 1. The molecule has 1 aliphatic rings. The van der Waals surface area contributed by atoms with Crippen LogP contribution in [-0.4, -0.2) is 34.6 Å². The van der Waals surface area contributed by atoms with Gasteiger partial charge in [-0.2, -0.15) is 0 Å². The molecule has 0 bridgehead atoms. The molecule has 5 nitrogen and oxygen atoms in total. The number of ether oxygens (including phenoxy) is 1. The summed E-state index contributed by atoms with van der Waals surface area (Å²) in [6.07, 6.45) is 0. The zero-order valence-electron chi connectivity index (χ0n) is 14.3. The second kappa shape index (κ2) is 8.32. The number of rotatable bonds is 4. The molecule has 139 valence electrons. The minimum atomic E-state index is 0. The summed E-state index contributed by atoms with van der Waals surface area (Å²) in [4.78, 5) is 9.70. The quantitative estimate of drug-likeness (QED) is 0.278. The Hall–Kier alpha value is -1.05. The number of quaternary nitrogens is 1. The molecule has 0 saturated heterocycles. The Kier molecular flexibility index (Phi) is 6.80. The summed E-state index contributed by atoms with van der Waals surface area (Å²) < 4.78 is 8.06. The van der Waals surface area contributed by atoms with Crippen LogP contribution in [0.1, 0.15) is 0 Å². The molecule has 0 radical (unpaired) electrons. The van der Waals surface area contributed by atoms with Crippen molar-refractivity contribution in [2.45, 2.75) is 0 Å². The first kappa shape index (κ1) is 21.3. The molecule has 0 aliphatic carbocycles. The number of halogens is 2. The zero-order chi connectivity index (χ0) is 16.7. The van der Waals surface area contributed by atoms with Crippen LogP contribution in [0.25, 0.3) is 11.0 Å². The first-order chi connectivity index (χ1) is 11.7. The molecule has 0 amide bonds. The Balaban J connectivity index is 0.00000121. The van der Waals surface area contributed by atoms with E-state index in [1.54, 1.807) is 0 Å². The van der Waals surface area contributed by atoms with Crippen LogP contribution in [0.15, 0.2) is 53.5 Å². The number of amidine groups is 1. The largest absolute Gasteiger partial charge is 1.00 e. The molecule has 0 spiro atoms. The predicted molar refractivity (Wildman–Crippen MR) is 92.4 cm³/mol. The van der Waals surface area contributed by atoms with E-state index in [9.17, 15) is 0 Å². The van der Waals surface area contributed by atoms with Crippen LogP contribution in [0.4, 0.5) is 17.3 Å². The van der Waals surface area contributed by atoms with Crippen molar-refractivity contribution in [3.63, 3.8) is 0 Å². The van der Waals surface area contributed by atoms with Gasteiger partial charge in [-0.1, -0.05) is 0 Å². The maximum Gasteiger partial charge on any atom is -1.00 e. The second-order valence-electron chi connectivity index (χ2n) is 5.92. The fraction of sp³-hybridized carbons (Fsp3) is 0.222. The first-order valence-electron chi connectivity index (χ1n) is 7.72. The minimum Gasteiger partial charge on any atom is -1.00 e. The third kappa shape index (κ3) is 3.18. The number of hydrogen-bond acceptors (Lipinski definition) is 3. The van der Waals surface area contributed by atoms with E-state index in [4.69, 9.17) is 14.7 Å². The molecule has 0 fully saturated rings. The smallest absolute Gasteiger partial charge is 1.00 e. The van der Waals surface area contributed by atoms with Gasteiger partial charge in [0, 0.05) is 0 Å². The van der Waals surface area contributed by atoms with E-state index < -0.39 is 0 Å². The Morgan fingerprint density at radius 2 is 1.77 bits per heavy atom. The van der Waals surface area contributed by atoms with Gasteiger partial charge in [-0.15, -0.1) is 0 Å². The van der Waals surface area contributed by atoms with E-state index in [1.165, 1.54) is 0 Å². The van der Waals surface area contributed by atoms with Crippen LogP contribution in [0, 0.1) is 0 Å². The van der Waals surface area contributed by atoms with Crippen LogP contribution in [0.3, 0.4) is 0 Å². The summed E-state index contributed by atoms with van der Waals surface area (Å²) in [5, 5.41) is 0. The Morgan fingerprint density at radius 1 is 1.08 bits per heavy atom. The summed E-state index contributed by atoms with van der Waals surface area (Å²) in [6.45, 7) is 0.397. The maximum atomic E-state index is 5.53. The van der Waals surface area contributed by atoms with Crippen molar-refractivity contribution in [3.8, 4) is 0 Å². The SMILES string of the molecule is Cn1c([N+]2(C)C(CO[CH2][Ni+2])=Nc3ccccc32)nc2ccccc21.[Br-].[Br-]. The number of aliphatic imine (C=N–C) groups is 1. The third-order valence-electron chi connectivity index (χ3n) is 4.59. The van der Waals surface area contributed by atoms with Gasteiger partial charge in [0.1, 0.15) is 0 Å². The zero-order valence-corrected chi connectivity index (χ0v) is 18.5. The monoisotopic (exact) mass is 522 g/mol. The first-order valence-corrected chi connectivity index (χ1v) is 8.41. The summed E-state index contributed by atoms with van der Waals surface area (Å²) in [5.41, 5.74) is 4.42. The molecular weight excluding hydrogens is 507 g/mol. The molecule has 0 saturated carbocycles. The number of nitrogens with zero attached hydrogens (tertiary/aromatic N) is 4. The number of likely N-dealkylation sites (N-methyl/N-ethyl adjacent to an activating group) is 1. The fourth-order valence-electron chi connectivity index (χ4n) is 3.36. The molecule has 1 atom stereocenters. The van der Waals surface area contributed by atoms with Crippen LogP contribution < -0.4 is 38.4 Å². The van der Waals surface area contributed by atoms with E-state index in [0.717, 1.165) is 34.2 Å². The summed E-state index contributed by atoms with van der Waals surface area (Å²) >= 11 is 4.64. The van der Waals surface area contributed by atoms with Crippen molar-refractivity contribution < 1.29 is 54.2 Å². The molecule has 8 heteroatoms. The Morgan fingerprint density at radius 3 is 2.50 bits per heavy atom. The van der Waals surface area contributed by atoms with E-state index in [-0.39, 0.29) is 39.5 Å². The van der Waals surface area contributed by atoms with Crippen molar-refractivity contribution in [1.29, 1.82) is 0 Å². The van der Waals surface area contributed by atoms with Gasteiger partial charge >= 0.3 is 148 Å². The molecule has 1 aliphatic heterocycles. The number of imidazole rings is 1. The number of para-hydroxylation sites is 4. The molecular formula is C18H18Br2N4NiO+. The summed E-state index contributed by atoms with van der Waals surface area (Å²) in [6, 6.07) is 16.3. The second-order valence-corrected chi connectivity index (χ2v) is 6.21. The molecule has 2 aromatic carbocycles. The Bertz CT molecular complexity index is 959. The van der Waals surface area contributed by atoms with Gasteiger partial charge in [-0.3, -0.25) is 0 Å². The average Bonchev–Trinajstić information content (AvgIpc) is 3.10. The van der Waals surface area contributed by atoms with Crippen LogP contribution in [0.5, 0.6) is 0 Å². The molecule has 1 unspecified atom stereocenters. The Labute approximate surface area is 181 Å². The number of fused-ring (bicyclic) bond motifs is 2. The van der Waals surface area contributed by atoms with E-state index >= 15 is 0 Å². The fourth-order valence-corrected chi connectivity index (χ4v) is 3.46. The molecule has 1 aromatic heterocycles. The van der Waals surface area contributed by atoms with Crippen molar-refractivity contribution in [2.75, 3.05) is 19.2 Å². The standard InChI is InChI=1S/C18H18N4O.2BrH.Ni/c1-21-15-10-6-4-8-13(15)20-18(21)22(2)16-11-7-5-9-14(16)19-17(22)12-23-3;;;/h4-11H,3,12H2,1-2H3;2*1H;/q+1;;;+2/p-2. The summed E-state index contributed by atoms with van der Waals surface area (Å²) in [7, 11) is 4.16. The van der Waals surface area contributed by atoms with Gasteiger partial charge in [0.25, 0.3) is 0 Å². The molecule has 26 heavy (non-hydrogen) atoms. The van der Waals surface area contributed by atoms with Gasteiger partial charge in [0.15, 0.2) is 0 Å². The van der Waals surface area contributed by atoms with Crippen molar-refractivity contribution in [1.82, 2.24) is 14.0 Å². The molecule has 0 N–H and O–H groups in total. The van der Waals surface area contributed by atoms with Gasteiger partial charge in [-0.05, 0) is 0 Å². The maximum absolute atomic E-state index is 5.53. The van der Waals surface area contributed by atoms with Gasteiger partial charge in [-0.25, -0.2) is 0 Å². The minimum absolute atomic E-state index is 0. The van der Waals surface area contributed by atoms with Crippen LogP contribution in [-0.2, 0) is 27.2 Å². The van der Waals surface area contributed by atoms with Crippen LogP contribution in [0.2, 0.25) is 0 Å². The van der Waals surface area contributed by atoms with Crippen molar-refractivity contribution in [3.05, 3.63) is 48.5 Å². The van der Waals surface area contributed by atoms with Crippen LogP contribution >= 0.6 is 0 Å². The van der Waals surface area contributed by atoms with Gasteiger partial charge in [0.2, 0.25) is 0 Å². The number of benzene rings is 2. The molecule has 4 rings (SSSR count). The average molecular weight is 525 g/mol. The molecule has 3 aromatic rings. The number of aromatic nitrogens is 2. The normalized spacial score (nSPS) is 18.0. The summed E-state index contributed by atoms with van der Waals surface area (Å²) in [5.74, 6) is 1.81. The van der Waals surface area contributed by atoms with E-state index in [2.05, 4.69) is 39.2 Å². The predicted octanol–water partition coefficient (Wildman–Crippen LogP) is -2.59. The van der Waals surface area contributed by atoms with Crippen molar-refractivity contribution in [2.24, 2.45) is 12.0 Å². The van der Waals surface area contributed by atoms with Gasteiger partial charge in [0.05, 0.1) is 0 Å². The number of hydrogen-bond donors (Lipinski definition) is 0.